The van der Waals surface area contributed by atoms with Gasteiger partial charge in [0.25, 0.3) is 0 Å². The van der Waals surface area contributed by atoms with Crippen LogP contribution in [0, 0.1) is 6.92 Å². The van der Waals surface area contributed by atoms with Crippen molar-refractivity contribution >= 4 is 22.1 Å². The Morgan fingerprint density at radius 3 is 2.92 bits per heavy atom. The highest BCUT2D eigenvalue weighted by Gasteiger charge is 2.01. The molecule has 2 aromatic rings. The maximum Gasteiger partial charge on any atom is 0.0124 e. The molecule has 13 heavy (non-hydrogen) atoms. The van der Waals surface area contributed by atoms with Crippen molar-refractivity contribution in [1.82, 2.24) is 0 Å². The molecule has 1 heteroatoms. The molecule has 0 aliphatic carbocycles. The summed E-state index contributed by atoms with van der Waals surface area (Å²) in [6.07, 6.45) is 3.42. The standard InChI is InChI=1S/C12H13S/c1-2-3-8-12-11-7-5-4-6-10(11)9-13-12/h4-7,9H,1-3,8H2. The van der Waals surface area contributed by atoms with Crippen molar-refractivity contribution in [1.29, 1.82) is 0 Å². The summed E-state index contributed by atoms with van der Waals surface area (Å²) in [5.41, 5.74) is 0. The predicted octanol–water partition coefficient (Wildman–Crippen LogP) is 4.06. The molecule has 67 valence electrons. The average Bonchev–Trinajstić information content (AvgIpc) is 2.58. The van der Waals surface area contributed by atoms with Crippen molar-refractivity contribution in [3.8, 4) is 0 Å². The second-order valence-corrected chi connectivity index (χ2v) is 4.17. The van der Waals surface area contributed by atoms with E-state index in [1.165, 1.54) is 28.5 Å². The maximum atomic E-state index is 3.87. The lowest BCUT2D eigenvalue weighted by molar-refractivity contribution is 0.856. The molecule has 1 aromatic carbocycles. The first-order chi connectivity index (χ1) is 6.42. The highest BCUT2D eigenvalue weighted by atomic mass is 32.1. The van der Waals surface area contributed by atoms with Crippen molar-refractivity contribution in [3.05, 3.63) is 41.4 Å². The van der Waals surface area contributed by atoms with Crippen molar-refractivity contribution in [2.75, 3.05) is 0 Å². The Morgan fingerprint density at radius 2 is 2.08 bits per heavy atom. The number of aryl methyl sites for hydroxylation is 1. The number of hydrogen-bond acceptors (Lipinski definition) is 1. The maximum absolute atomic E-state index is 3.87. The van der Waals surface area contributed by atoms with E-state index in [9.17, 15) is 0 Å². The summed E-state index contributed by atoms with van der Waals surface area (Å²) in [6, 6.07) is 8.60. The number of unbranched alkanes of at least 4 members (excludes halogenated alkanes) is 1. The number of rotatable bonds is 3. The Morgan fingerprint density at radius 1 is 1.23 bits per heavy atom. The van der Waals surface area contributed by atoms with E-state index in [0.29, 0.717) is 0 Å². The van der Waals surface area contributed by atoms with Crippen LogP contribution in [0.1, 0.15) is 17.7 Å². The van der Waals surface area contributed by atoms with Crippen LogP contribution in [0.4, 0.5) is 0 Å². The summed E-state index contributed by atoms with van der Waals surface area (Å²) in [4.78, 5) is 1.51. The Bertz CT molecular complexity index is 387. The second kappa shape index (κ2) is 3.93. The van der Waals surface area contributed by atoms with Gasteiger partial charge in [-0.25, -0.2) is 0 Å². The van der Waals surface area contributed by atoms with E-state index in [-0.39, 0.29) is 0 Å². The molecule has 0 spiro atoms. The minimum Gasteiger partial charge on any atom is -0.148 e. The first-order valence-electron chi connectivity index (χ1n) is 4.66. The van der Waals surface area contributed by atoms with Gasteiger partial charge in [-0.2, -0.15) is 0 Å². The lowest BCUT2D eigenvalue weighted by Crippen LogP contribution is -1.79. The van der Waals surface area contributed by atoms with Crippen LogP contribution in [0.2, 0.25) is 0 Å². The summed E-state index contributed by atoms with van der Waals surface area (Å²) in [7, 11) is 0. The van der Waals surface area contributed by atoms with Gasteiger partial charge in [0.1, 0.15) is 0 Å². The summed E-state index contributed by atoms with van der Waals surface area (Å²) in [5.74, 6) is 0. The van der Waals surface area contributed by atoms with Gasteiger partial charge >= 0.3 is 0 Å². The number of fused-ring (bicyclic) bond motifs is 1. The Kier molecular flexibility index (Phi) is 2.65. The van der Waals surface area contributed by atoms with E-state index in [4.69, 9.17) is 0 Å². The van der Waals surface area contributed by atoms with Crippen LogP contribution in [0.25, 0.3) is 10.8 Å². The molecule has 0 saturated heterocycles. The Hall–Kier alpha value is -0.820. The molecular weight excluding hydrogens is 176 g/mol. The molecule has 0 unspecified atom stereocenters. The van der Waals surface area contributed by atoms with E-state index in [1.807, 2.05) is 11.3 Å². The molecule has 1 aromatic heterocycles. The number of hydrogen-bond donors (Lipinski definition) is 0. The molecule has 0 aliphatic rings. The topological polar surface area (TPSA) is 0 Å². The molecule has 0 atom stereocenters. The lowest BCUT2D eigenvalue weighted by atomic mass is 10.1. The fourth-order valence-corrected chi connectivity index (χ4v) is 2.58. The van der Waals surface area contributed by atoms with Crippen LogP contribution in [0.15, 0.2) is 29.6 Å². The zero-order chi connectivity index (χ0) is 9.10. The Labute approximate surface area is 83.2 Å². The van der Waals surface area contributed by atoms with Crippen molar-refractivity contribution in [3.63, 3.8) is 0 Å². The quantitative estimate of drug-likeness (QED) is 0.683. The second-order valence-electron chi connectivity index (χ2n) is 3.20. The number of thiophene rings is 1. The van der Waals surface area contributed by atoms with Crippen LogP contribution in [-0.2, 0) is 6.42 Å². The predicted molar refractivity (Wildman–Crippen MR) is 60.1 cm³/mol. The average molecular weight is 189 g/mol. The molecule has 0 bridgehead atoms. The fourth-order valence-electron chi connectivity index (χ4n) is 1.53. The van der Waals surface area contributed by atoms with Gasteiger partial charge in [0.2, 0.25) is 0 Å². The molecule has 0 N–H and O–H groups in total. The van der Waals surface area contributed by atoms with E-state index in [2.05, 4.69) is 36.6 Å². The third-order valence-electron chi connectivity index (χ3n) is 2.24. The van der Waals surface area contributed by atoms with Gasteiger partial charge in [-0.1, -0.05) is 37.6 Å². The summed E-state index contributed by atoms with van der Waals surface area (Å²) >= 11 is 1.87. The van der Waals surface area contributed by atoms with Crippen LogP contribution >= 0.6 is 11.3 Å². The zero-order valence-corrected chi connectivity index (χ0v) is 8.44. The minimum absolute atomic E-state index is 1.03. The first kappa shape index (κ1) is 8.76. The van der Waals surface area contributed by atoms with Crippen LogP contribution < -0.4 is 0 Å². The highest BCUT2D eigenvalue weighted by Crippen LogP contribution is 2.26. The van der Waals surface area contributed by atoms with Gasteiger partial charge in [0, 0.05) is 4.88 Å². The first-order valence-corrected chi connectivity index (χ1v) is 5.54. The third kappa shape index (κ3) is 1.75. The fraction of sp³-hybridized carbons (Fsp3) is 0.250. The largest absolute Gasteiger partial charge is 0.148 e. The van der Waals surface area contributed by atoms with E-state index < -0.39 is 0 Å². The molecule has 0 nitrogen and oxygen atoms in total. The monoisotopic (exact) mass is 189 g/mol. The molecule has 1 heterocycles. The normalized spacial score (nSPS) is 10.8. The van der Waals surface area contributed by atoms with Gasteiger partial charge in [-0.15, -0.1) is 11.3 Å². The molecular formula is C12H13S. The van der Waals surface area contributed by atoms with Crippen LogP contribution in [0.5, 0.6) is 0 Å². The third-order valence-corrected chi connectivity index (χ3v) is 3.32. The molecule has 0 fully saturated rings. The Balaban J connectivity index is 2.35. The van der Waals surface area contributed by atoms with Gasteiger partial charge in [0.15, 0.2) is 0 Å². The summed E-state index contributed by atoms with van der Waals surface area (Å²) in [6.45, 7) is 3.87. The van der Waals surface area contributed by atoms with Gasteiger partial charge in [-0.3, -0.25) is 0 Å². The van der Waals surface area contributed by atoms with Crippen LogP contribution in [0.3, 0.4) is 0 Å². The highest BCUT2D eigenvalue weighted by molar-refractivity contribution is 7.11. The molecule has 2 rings (SSSR count). The lowest BCUT2D eigenvalue weighted by Gasteiger charge is -1.95. The van der Waals surface area contributed by atoms with Crippen molar-refractivity contribution in [2.24, 2.45) is 0 Å². The molecule has 0 aliphatic heterocycles. The van der Waals surface area contributed by atoms with Crippen LogP contribution in [-0.4, -0.2) is 0 Å². The van der Waals surface area contributed by atoms with Crippen molar-refractivity contribution < 1.29 is 0 Å². The van der Waals surface area contributed by atoms with Gasteiger partial charge < -0.3 is 0 Å². The molecule has 1 radical (unpaired) electrons. The molecule has 0 saturated carbocycles. The minimum atomic E-state index is 1.03. The summed E-state index contributed by atoms with van der Waals surface area (Å²) < 4.78 is 0. The van der Waals surface area contributed by atoms with Crippen molar-refractivity contribution in [2.45, 2.75) is 19.3 Å². The SMILES string of the molecule is [CH2]CCCc1scc2ccccc12. The summed E-state index contributed by atoms with van der Waals surface area (Å²) in [5, 5.41) is 5.06. The van der Waals surface area contributed by atoms with E-state index in [1.54, 1.807) is 0 Å². The van der Waals surface area contributed by atoms with Gasteiger partial charge in [0.05, 0.1) is 0 Å². The van der Waals surface area contributed by atoms with E-state index in [0.717, 1.165) is 6.42 Å². The smallest absolute Gasteiger partial charge is 0.0124 e. The molecule has 0 amide bonds. The number of benzene rings is 1. The van der Waals surface area contributed by atoms with Gasteiger partial charge in [-0.05, 0) is 29.0 Å². The van der Waals surface area contributed by atoms with E-state index >= 15 is 0 Å². The zero-order valence-electron chi connectivity index (χ0n) is 7.62.